The minimum atomic E-state index is -1.29. The Bertz CT molecular complexity index is 7350. The van der Waals surface area contributed by atoms with Crippen molar-refractivity contribution in [2.75, 3.05) is 7.11 Å². The first-order valence-corrected chi connectivity index (χ1v) is 36.1. The second-order valence-corrected chi connectivity index (χ2v) is 26.5. The van der Waals surface area contributed by atoms with Crippen molar-refractivity contribution < 1.29 is 139 Å². The number of aliphatic carboxylic acids is 1. The summed E-state index contributed by atoms with van der Waals surface area (Å²) >= 11 is 6.30. The quantitative estimate of drug-likeness (QED) is 0.0405. The number of phenols is 4. The van der Waals surface area contributed by atoms with Crippen molar-refractivity contribution in [2.24, 2.45) is 0 Å². The van der Waals surface area contributed by atoms with E-state index in [0.29, 0.717) is 100 Å². The summed E-state index contributed by atoms with van der Waals surface area (Å²) in [7, 11) is 1.40. The number of halogens is 3. The summed E-state index contributed by atoms with van der Waals surface area (Å²) < 4.78 is 56.7. The monoisotopic (exact) mass is 1730 g/mol. The lowest BCUT2D eigenvalue weighted by Gasteiger charge is -2.17. The molecule has 0 amide bonds. The molecular formula is C92H53ClF2O31. The number of benzene rings is 13. The molecule has 9 aromatic rings. The fraction of sp³-hybridized carbons (Fsp3) is 0.0326. The van der Waals surface area contributed by atoms with E-state index in [1.807, 2.05) is 24.3 Å². The Morgan fingerprint density at radius 3 is 1.10 bits per heavy atom. The van der Waals surface area contributed by atoms with Crippen LogP contribution >= 0.6 is 11.6 Å². The van der Waals surface area contributed by atoms with Gasteiger partial charge in [0.15, 0.2) is 55.9 Å². The number of rotatable bonds is 12. The van der Waals surface area contributed by atoms with Gasteiger partial charge in [-0.25, -0.2) is 23.6 Å². The number of methoxy groups -OCH3 is 1. The van der Waals surface area contributed by atoms with Crippen LogP contribution in [0.3, 0.4) is 0 Å². The van der Waals surface area contributed by atoms with Gasteiger partial charge in [0, 0.05) is 114 Å². The molecule has 0 radical (unpaired) electrons. The highest BCUT2D eigenvalue weighted by atomic mass is 35.5. The van der Waals surface area contributed by atoms with Crippen molar-refractivity contribution in [1.29, 1.82) is 0 Å². The van der Waals surface area contributed by atoms with Gasteiger partial charge in [-0.1, -0.05) is 84.4 Å². The van der Waals surface area contributed by atoms with Gasteiger partial charge in [-0.3, -0.25) is 24.0 Å². The number of aromatic carboxylic acids is 4. The second-order valence-electron chi connectivity index (χ2n) is 26.1. The fourth-order valence-electron chi connectivity index (χ4n) is 13.5. The molecule has 34 heteroatoms. The number of carboxylic acids is 5. The average Bonchev–Trinajstić information content (AvgIpc) is 0.757. The van der Waals surface area contributed by atoms with Crippen LogP contribution in [-0.2, 0) is 49.6 Å². The van der Waals surface area contributed by atoms with E-state index in [0.717, 1.165) is 39.6 Å². The summed E-state index contributed by atoms with van der Waals surface area (Å²) in [6.07, 6.45) is 0.984. The van der Waals surface area contributed by atoms with Crippen molar-refractivity contribution >= 4 is 121 Å². The van der Waals surface area contributed by atoms with Crippen LogP contribution in [0, 0.1) is 11.6 Å². The lowest BCUT2D eigenvalue weighted by atomic mass is 9.90. The zero-order valence-corrected chi connectivity index (χ0v) is 64.7. The Balaban J connectivity index is 0.000000168. The number of ether oxygens (including phenoxy) is 1. The molecule has 0 atom stereocenters. The molecule has 628 valence electrons. The van der Waals surface area contributed by atoms with Gasteiger partial charge >= 0.3 is 54.5 Å². The van der Waals surface area contributed by atoms with Crippen molar-refractivity contribution in [1.82, 2.24) is 0 Å². The van der Waals surface area contributed by atoms with E-state index >= 15 is 0 Å². The van der Waals surface area contributed by atoms with E-state index in [9.17, 15) is 77.5 Å². The van der Waals surface area contributed by atoms with Gasteiger partial charge in [-0.2, -0.15) is 42.7 Å². The Morgan fingerprint density at radius 1 is 0.373 bits per heavy atom. The van der Waals surface area contributed by atoms with Crippen molar-refractivity contribution in [3.8, 4) is 119 Å². The van der Waals surface area contributed by atoms with Gasteiger partial charge in [-0.15, -0.1) is 0 Å². The molecule has 9 N–H and O–H groups in total. The van der Waals surface area contributed by atoms with E-state index in [1.165, 1.54) is 110 Å². The molecule has 0 bridgehead atoms. The first kappa shape index (κ1) is 90.3. The van der Waals surface area contributed by atoms with E-state index in [1.54, 1.807) is 84.9 Å². The van der Waals surface area contributed by atoms with Crippen molar-refractivity contribution in [3.63, 3.8) is 0 Å². The predicted molar refractivity (Wildman–Crippen MR) is 438 cm³/mol. The third-order valence-corrected chi connectivity index (χ3v) is 19.1. The first-order valence-electron chi connectivity index (χ1n) is 35.7. The molecule has 0 saturated carbocycles. The standard InChI is InChI=1S/C24H14O5.C23H16O7.C21H13ClO6.C20H10F2O5.4CO2/c25-15-9-10-18-20(11-15)29-21-12-19(26)16-3-1-2-4-17(16)23(21)22(18)13-5-7-14(8-6-13)24(27)28;24-15-6-7-16-19(10-15)30-20-11-18(25)14(5-8-21(26)27)9-17(20)22(16)12-1-3-13(4-2-12)23(28)29;1-27-16-9-14-17(10-2-4-11(5-3-10)21(25)26)13-7-6-12(23)8-15(13)28-20(14)18(22)19(16)24;21-14-8-13-16(9-1-3-10(4-2-9)20(25)26)12-6-5-11(23)7-15(12)27-19(13)17(22)18(14)24;4*2-1-3/h1-12,26H,(H,27,28);1-4,6-7,9-11,25H,5,8H2,(H,26,27)(H,28,29);2-9,24H,1H3,(H,25,26);1-8,24H,(H,25,26);;;;. The zero-order valence-electron chi connectivity index (χ0n) is 63.9. The van der Waals surface area contributed by atoms with Crippen LogP contribution in [0.1, 0.15) is 53.4 Å². The van der Waals surface area contributed by atoms with Crippen LogP contribution in [-0.4, -0.2) is 108 Å². The van der Waals surface area contributed by atoms with Gasteiger partial charge in [0.25, 0.3) is 0 Å². The molecular weight excluding hydrogens is 1670 g/mol. The smallest absolute Gasteiger partial charge is 0.373 e. The number of carbonyl (C=O) groups is 5. The van der Waals surface area contributed by atoms with Crippen molar-refractivity contribution in [2.45, 2.75) is 12.8 Å². The lowest BCUT2D eigenvalue weighted by Crippen LogP contribution is -2.01. The molecule has 9 aromatic carbocycles. The van der Waals surface area contributed by atoms with Crippen LogP contribution in [0.2, 0.25) is 5.02 Å². The van der Waals surface area contributed by atoms with Crippen LogP contribution in [0.5, 0.6) is 28.7 Å². The normalized spacial score (nSPS) is 10.3. The van der Waals surface area contributed by atoms with E-state index in [2.05, 4.69) is 0 Å². The van der Waals surface area contributed by atoms with Gasteiger partial charge in [0.05, 0.1) is 29.4 Å². The van der Waals surface area contributed by atoms with Gasteiger partial charge in [0.2, 0.25) is 5.82 Å². The number of aromatic hydroxyl groups is 4. The molecule has 4 aliphatic heterocycles. The predicted octanol–water partition coefficient (Wildman–Crippen LogP) is 15.7. The average molecular weight is 1730 g/mol. The molecule has 0 spiro atoms. The van der Waals surface area contributed by atoms with E-state index < -0.39 is 52.8 Å². The molecule has 0 saturated heterocycles. The maximum atomic E-state index is 14.4. The fourth-order valence-corrected chi connectivity index (χ4v) is 13.7. The molecule has 31 nitrogen and oxygen atoms in total. The number of aryl methyl sites for hydroxylation is 1. The number of phenolic OH excluding ortho intramolecular Hbond substituents is 4. The molecule has 4 heterocycles. The summed E-state index contributed by atoms with van der Waals surface area (Å²) in [5.41, 5.74) is 8.07. The summed E-state index contributed by atoms with van der Waals surface area (Å²) in [5.74, 6) is -7.86. The maximum Gasteiger partial charge on any atom is 0.373 e. The first-order chi connectivity index (χ1) is 60.3. The molecule has 0 fully saturated rings. The van der Waals surface area contributed by atoms with E-state index in [4.69, 9.17) is 92.8 Å². The number of carboxylic acid groups (broad SMARTS) is 5. The SMILES string of the molecule is COc1cc2c(-c3ccc(C(=O)O)cc3)c3ccc(=O)cc-3oc2c(Cl)c1O.O=C(O)CCc1cc2c(-c3ccc(C(=O)O)cc3)c3ccc(=O)cc-3oc2cc1O.O=C(O)c1ccc(-c2c3ccc(=O)cc-3oc3c(F)c(O)c(F)cc23)cc1.O=C(O)c1ccc(-c2c3ccc(=O)cc-3oc3cc(O)c4ccccc4c23)cc1.O=C=O.O=C=O.O=C=O.O=C=O. The molecule has 4 aliphatic carbocycles. The number of hydrogen-bond acceptors (Lipinski definition) is 26. The van der Waals surface area contributed by atoms with Crippen LogP contribution in [0.25, 0.3) is 144 Å². The summed E-state index contributed by atoms with van der Waals surface area (Å²) in [6.45, 7) is 0. The summed E-state index contributed by atoms with van der Waals surface area (Å²) in [6, 6.07) is 56.7. The summed E-state index contributed by atoms with van der Waals surface area (Å²) in [5, 5.41) is 89.6. The molecule has 0 aromatic heterocycles. The lowest BCUT2D eigenvalue weighted by molar-refractivity contribution is -0.193. The third kappa shape index (κ3) is 19.6. The maximum absolute atomic E-state index is 14.4. The minimum Gasteiger partial charge on any atom is -0.508 e. The topological polar surface area (TPSA) is 534 Å². The Hall–Kier alpha value is -18.0. The number of fused-ring (bicyclic) bond motifs is 10. The highest BCUT2D eigenvalue weighted by Crippen LogP contribution is 2.50. The minimum absolute atomic E-state index is 0.0389. The molecule has 126 heavy (non-hydrogen) atoms. The molecule has 17 rings (SSSR count). The van der Waals surface area contributed by atoms with Crippen LogP contribution in [0.15, 0.2) is 261 Å². The summed E-state index contributed by atoms with van der Waals surface area (Å²) in [4.78, 5) is 168. The number of hydrogen-bond donors (Lipinski definition) is 9. The Kier molecular flexibility index (Phi) is 28.5. The zero-order chi connectivity index (χ0) is 91.7. The molecule has 8 aliphatic rings. The Labute approximate surface area is 705 Å². The van der Waals surface area contributed by atoms with Gasteiger partial charge < -0.3 is 68.4 Å². The molecule has 0 unspecified atom stereocenters. The Morgan fingerprint density at radius 2 is 0.714 bits per heavy atom. The highest BCUT2D eigenvalue weighted by Gasteiger charge is 2.28. The van der Waals surface area contributed by atoms with Crippen LogP contribution < -0.4 is 26.5 Å². The number of carbonyl (C=O) groups excluding carboxylic acids is 8. The largest absolute Gasteiger partial charge is 0.508 e. The van der Waals surface area contributed by atoms with E-state index in [-0.39, 0.29) is 126 Å². The van der Waals surface area contributed by atoms with Crippen LogP contribution in [0.4, 0.5) is 8.78 Å². The highest BCUT2D eigenvalue weighted by molar-refractivity contribution is 6.37. The third-order valence-electron chi connectivity index (χ3n) is 18.8. The van der Waals surface area contributed by atoms with Gasteiger partial charge in [0.1, 0.15) is 50.7 Å². The second kappa shape index (κ2) is 39.7. The van der Waals surface area contributed by atoms with Gasteiger partial charge in [-0.05, 0) is 155 Å². The van der Waals surface area contributed by atoms with Crippen molar-refractivity contribution in [3.05, 3.63) is 310 Å².